The van der Waals surface area contributed by atoms with Crippen LogP contribution >= 0.6 is 0 Å². The number of aromatic nitrogens is 2. The first kappa shape index (κ1) is 18.0. The smallest absolute Gasteiger partial charge is 0.161 e. The summed E-state index contributed by atoms with van der Waals surface area (Å²) in [4.78, 5) is 7.87. The van der Waals surface area contributed by atoms with Gasteiger partial charge in [-0.25, -0.2) is 0 Å². The van der Waals surface area contributed by atoms with Crippen molar-refractivity contribution in [1.29, 1.82) is 0 Å². The Balaban J connectivity index is 1.86. The first-order valence-corrected chi connectivity index (χ1v) is 8.63. The monoisotopic (exact) mass is 352 g/mol. The van der Waals surface area contributed by atoms with Crippen LogP contribution in [0, 0.1) is 6.92 Å². The number of ether oxygens (including phenoxy) is 3. The highest BCUT2D eigenvalue weighted by molar-refractivity contribution is 5.70. The number of H-pyrrole nitrogens is 1. The van der Waals surface area contributed by atoms with E-state index < -0.39 is 0 Å². The highest BCUT2D eigenvalue weighted by atomic mass is 16.5. The lowest BCUT2D eigenvalue weighted by molar-refractivity contribution is 0.170. The number of methoxy groups -OCH3 is 2. The van der Waals surface area contributed by atoms with Crippen LogP contribution in [0.25, 0.3) is 22.5 Å². The van der Waals surface area contributed by atoms with Crippen LogP contribution in [0.15, 0.2) is 48.7 Å². The van der Waals surface area contributed by atoms with Gasteiger partial charge in [0.25, 0.3) is 0 Å². The number of rotatable bonds is 8. The van der Waals surface area contributed by atoms with E-state index in [9.17, 15) is 0 Å². The minimum atomic E-state index is 0.572. The molecule has 0 fully saturated rings. The highest BCUT2D eigenvalue weighted by Crippen LogP contribution is 2.33. The van der Waals surface area contributed by atoms with Crippen LogP contribution in [0.5, 0.6) is 11.5 Å². The molecular formula is C21H24N2O3. The van der Waals surface area contributed by atoms with Gasteiger partial charge in [0.1, 0.15) is 0 Å². The van der Waals surface area contributed by atoms with Crippen LogP contribution in [-0.2, 0) is 4.74 Å². The Hall–Kier alpha value is -2.79. The molecule has 0 radical (unpaired) electrons. The van der Waals surface area contributed by atoms with Gasteiger partial charge in [0.15, 0.2) is 11.5 Å². The van der Waals surface area contributed by atoms with Gasteiger partial charge >= 0.3 is 0 Å². The molecule has 0 saturated heterocycles. The molecule has 0 bridgehead atoms. The van der Waals surface area contributed by atoms with Gasteiger partial charge in [-0.05, 0) is 49.4 Å². The van der Waals surface area contributed by atoms with Gasteiger partial charge < -0.3 is 19.2 Å². The van der Waals surface area contributed by atoms with Crippen LogP contribution in [0.1, 0.15) is 12.1 Å². The van der Waals surface area contributed by atoms with Gasteiger partial charge in [-0.1, -0.05) is 0 Å². The predicted octanol–water partition coefficient (Wildman–Crippen LogP) is 4.48. The van der Waals surface area contributed by atoms with Gasteiger partial charge in [-0.3, -0.25) is 4.98 Å². The molecule has 0 unspecified atom stereocenters. The quantitative estimate of drug-likeness (QED) is 0.608. The molecule has 3 aromatic rings. The van der Waals surface area contributed by atoms with E-state index in [1.54, 1.807) is 14.2 Å². The highest BCUT2D eigenvalue weighted by Gasteiger charge is 2.10. The van der Waals surface area contributed by atoms with Crippen molar-refractivity contribution in [3.05, 3.63) is 54.4 Å². The number of aryl methyl sites for hydroxylation is 1. The number of nitrogens with one attached hydrogen (secondary N) is 1. The third-order valence-electron chi connectivity index (χ3n) is 4.11. The summed E-state index contributed by atoms with van der Waals surface area (Å²) in [5.41, 5.74) is 5.18. The largest absolute Gasteiger partial charge is 0.493 e. The fourth-order valence-corrected chi connectivity index (χ4v) is 2.76. The number of pyridine rings is 1. The van der Waals surface area contributed by atoms with E-state index in [2.05, 4.69) is 28.2 Å². The Morgan fingerprint density at radius 3 is 2.54 bits per heavy atom. The topological polar surface area (TPSA) is 56.4 Å². The van der Waals surface area contributed by atoms with E-state index in [1.807, 2.05) is 37.4 Å². The SMILES string of the molecule is COCCCOc1cc(-c2cc(-c3ccc(C)[nH]3)ccn2)ccc1OC. The van der Waals surface area contributed by atoms with E-state index in [0.29, 0.717) is 24.7 Å². The van der Waals surface area contributed by atoms with E-state index in [1.165, 1.54) is 0 Å². The summed E-state index contributed by atoms with van der Waals surface area (Å²) >= 11 is 0. The first-order valence-electron chi connectivity index (χ1n) is 8.63. The molecule has 5 heteroatoms. The zero-order chi connectivity index (χ0) is 18.4. The molecule has 0 amide bonds. The summed E-state index contributed by atoms with van der Waals surface area (Å²) in [5.74, 6) is 1.42. The van der Waals surface area contributed by atoms with Crippen molar-refractivity contribution in [2.45, 2.75) is 13.3 Å². The van der Waals surface area contributed by atoms with Crippen molar-refractivity contribution < 1.29 is 14.2 Å². The fourth-order valence-electron chi connectivity index (χ4n) is 2.76. The normalized spacial score (nSPS) is 10.7. The maximum absolute atomic E-state index is 5.87. The predicted molar refractivity (Wildman–Crippen MR) is 103 cm³/mol. The van der Waals surface area contributed by atoms with Crippen molar-refractivity contribution in [3.8, 4) is 34.0 Å². The van der Waals surface area contributed by atoms with Crippen molar-refractivity contribution in [2.24, 2.45) is 0 Å². The lowest BCUT2D eigenvalue weighted by atomic mass is 10.1. The van der Waals surface area contributed by atoms with Gasteiger partial charge in [0.2, 0.25) is 0 Å². The van der Waals surface area contributed by atoms with E-state index in [0.717, 1.165) is 34.6 Å². The second kappa shape index (κ2) is 8.54. The molecule has 5 nitrogen and oxygen atoms in total. The van der Waals surface area contributed by atoms with Crippen molar-refractivity contribution in [1.82, 2.24) is 9.97 Å². The van der Waals surface area contributed by atoms with E-state index >= 15 is 0 Å². The van der Waals surface area contributed by atoms with Gasteiger partial charge in [0, 0.05) is 48.8 Å². The summed E-state index contributed by atoms with van der Waals surface area (Å²) in [6.07, 6.45) is 2.65. The number of nitrogens with zero attached hydrogens (tertiary/aromatic N) is 1. The Morgan fingerprint density at radius 2 is 1.81 bits per heavy atom. The van der Waals surface area contributed by atoms with Crippen LogP contribution in [0.2, 0.25) is 0 Å². The maximum atomic E-state index is 5.87. The van der Waals surface area contributed by atoms with Crippen LogP contribution in [-0.4, -0.2) is 37.4 Å². The van der Waals surface area contributed by atoms with Crippen LogP contribution < -0.4 is 9.47 Å². The van der Waals surface area contributed by atoms with Gasteiger partial charge in [-0.2, -0.15) is 0 Å². The number of hydrogen-bond acceptors (Lipinski definition) is 4. The average Bonchev–Trinajstić information content (AvgIpc) is 3.11. The second-order valence-electron chi connectivity index (χ2n) is 6.05. The molecular weight excluding hydrogens is 328 g/mol. The molecule has 2 heterocycles. The molecule has 0 saturated carbocycles. The molecule has 136 valence electrons. The average molecular weight is 352 g/mol. The van der Waals surface area contributed by atoms with Crippen molar-refractivity contribution >= 4 is 0 Å². The Bertz CT molecular complexity index is 858. The van der Waals surface area contributed by atoms with Gasteiger partial charge in [0.05, 0.1) is 19.4 Å². The molecule has 0 atom stereocenters. The first-order chi connectivity index (χ1) is 12.7. The number of benzene rings is 1. The van der Waals surface area contributed by atoms with Crippen molar-refractivity contribution in [2.75, 3.05) is 27.4 Å². The molecule has 1 aromatic carbocycles. The van der Waals surface area contributed by atoms with E-state index in [-0.39, 0.29) is 0 Å². The van der Waals surface area contributed by atoms with Crippen molar-refractivity contribution in [3.63, 3.8) is 0 Å². The standard InChI is InChI=1S/C21H24N2O3/c1-15-5-7-18(23-15)17-9-10-22-19(13-17)16-6-8-20(25-3)21(14-16)26-12-4-11-24-2/h5-10,13-14,23H,4,11-12H2,1-3H3. The Kier molecular flexibility index (Phi) is 5.92. The zero-order valence-electron chi connectivity index (χ0n) is 15.4. The molecule has 0 aliphatic carbocycles. The van der Waals surface area contributed by atoms with E-state index in [4.69, 9.17) is 14.2 Å². The molecule has 26 heavy (non-hydrogen) atoms. The molecule has 0 aliphatic rings. The lowest BCUT2D eigenvalue weighted by Crippen LogP contribution is -2.02. The second-order valence-corrected chi connectivity index (χ2v) is 6.05. The maximum Gasteiger partial charge on any atom is 0.161 e. The minimum absolute atomic E-state index is 0.572. The van der Waals surface area contributed by atoms with Gasteiger partial charge in [-0.15, -0.1) is 0 Å². The summed E-state index contributed by atoms with van der Waals surface area (Å²) < 4.78 is 16.3. The van der Waals surface area contributed by atoms with Crippen LogP contribution in [0.3, 0.4) is 0 Å². The summed E-state index contributed by atoms with van der Waals surface area (Å²) in [5, 5.41) is 0. The molecule has 0 aliphatic heterocycles. The molecule has 2 aromatic heterocycles. The molecule has 3 rings (SSSR count). The third-order valence-corrected chi connectivity index (χ3v) is 4.11. The summed E-state index contributed by atoms with van der Waals surface area (Å²) in [6, 6.07) is 14.1. The molecule has 0 spiro atoms. The number of aromatic amines is 1. The summed E-state index contributed by atoms with van der Waals surface area (Å²) in [7, 11) is 3.33. The molecule has 1 N–H and O–H groups in total. The number of hydrogen-bond donors (Lipinski definition) is 1. The Labute approximate surface area is 154 Å². The minimum Gasteiger partial charge on any atom is -0.493 e. The lowest BCUT2D eigenvalue weighted by Gasteiger charge is -2.12. The third kappa shape index (κ3) is 4.24. The van der Waals surface area contributed by atoms with Crippen LogP contribution in [0.4, 0.5) is 0 Å². The zero-order valence-corrected chi connectivity index (χ0v) is 15.4. The fraction of sp³-hybridized carbons (Fsp3) is 0.286. The summed E-state index contributed by atoms with van der Waals surface area (Å²) in [6.45, 7) is 3.28. The Morgan fingerprint density at radius 1 is 0.923 bits per heavy atom.